The van der Waals surface area contributed by atoms with E-state index in [-0.39, 0.29) is 6.04 Å². The van der Waals surface area contributed by atoms with Gasteiger partial charge in [-0.25, -0.2) is 8.78 Å². The minimum Gasteiger partial charge on any atom is -0.388 e. The van der Waals surface area contributed by atoms with Crippen molar-refractivity contribution in [2.45, 2.75) is 44.8 Å². The fourth-order valence-electron chi connectivity index (χ4n) is 4.25. The number of nitrogens with zero attached hydrogens (tertiary/aromatic N) is 3. The number of piperazine rings is 1. The number of rotatable bonds is 6. The van der Waals surface area contributed by atoms with Gasteiger partial charge in [0.25, 0.3) is 0 Å². The minimum absolute atomic E-state index is 0.0739. The lowest BCUT2D eigenvalue weighted by Crippen LogP contribution is -2.53. The molecule has 1 unspecified atom stereocenters. The Kier molecular flexibility index (Phi) is 8.02. The predicted octanol–water partition coefficient (Wildman–Crippen LogP) is 2.54. The molecule has 6 nitrogen and oxygen atoms in total. The van der Waals surface area contributed by atoms with Gasteiger partial charge in [0.05, 0.1) is 12.1 Å². The zero-order valence-corrected chi connectivity index (χ0v) is 18.0. The van der Waals surface area contributed by atoms with Crippen LogP contribution in [0.5, 0.6) is 0 Å². The fraction of sp³-hybridized carbons (Fsp3) is 0.682. The monoisotopic (exact) mass is 424 g/mol. The molecule has 30 heavy (non-hydrogen) atoms. The summed E-state index contributed by atoms with van der Waals surface area (Å²) in [6.07, 6.45) is 1.96. The van der Waals surface area contributed by atoms with E-state index in [1.165, 1.54) is 6.07 Å². The Bertz CT molecular complexity index is 717. The molecule has 0 saturated carbocycles. The first kappa shape index (κ1) is 22.9. The van der Waals surface area contributed by atoms with Crippen LogP contribution in [0.4, 0.5) is 8.78 Å². The largest absolute Gasteiger partial charge is 0.388 e. The fourth-order valence-corrected chi connectivity index (χ4v) is 4.25. The maximum absolute atomic E-state index is 14.3. The number of hydrogen-bond donors (Lipinski definition) is 2. The minimum atomic E-state index is -0.797. The van der Waals surface area contributed by atoms with E-state index in [1.54, 1.807) is 6.07 Å². The van der Waals surface area contributed by atoms with Gasteiger partial charge in [-0.2, -0.15) is 0 Å². The van der Waals surface area contributed by atoms with Crippen molar-refractivity contribution >= 4 is 5.96 Å². The highest BCUT2D eigenvalue weighted by molar-refractivity contribution is 5.80. The van der Waals surface area contributed by atoms with Gasteiger partial charge in [0.15, 0.2) is 5.96 Å². The van der Waals surface area contributed by atoms with Crippen LogP contribution in [0.2, 0.25) is 0 Å². The van der Waals surface area contributed by atoms with Crippen molar-refractivity contribution in [1.82, 2.24) is 15.1 Å². The van der Waals surface area contributed by atoms with Crippen LogP contribution in [0.1, 0.15) is 44.7 Å². The zero-order valence-electron chi connectivity index (χ0n) is 18.0. The number of aliphatic hydroxyl groups is 1. The lowest BCUT2D eigenvalue weighted by Gasteiger charge is -2.40. The third-order valence-corrected chi connectivity index (χ3v) is 6.04. The zero-order chi connectivity index (χ0) is 21.6. The number of halogens is 2. The quantitative estimate of drug-likeness (QED) is 0.543. The number of aliphatic imine (C=N–C) groups is 1. The second-order valence-corrected chi connectivity index (χ2v) is 8.12. The summed E-state index contributed by atoms with van der Waals surface area (Å²) >= 11 is 0. The van der Waals surface area contributed by atoms with E-state index in [9.17, 15) is 13.9 Å². The van der Waals surface area contributed by atoms with Crippen LogP contribution in [-0.4, -0.2) is 78.9 Å². The molecule has 2 aliphatic rings. The Balaban J connectivity index is 1.63. The molecule has 168 valence electrons. The van der Waals surface area contributed by atoms with Crippen LogP contribution in [0, 0.1) is 11.6 Å². The van der Waals surface area contributed by atoms with Crippen molar-refractivity contribution in [3.05, 3.63) is 35.4 Å². The summed E-state index contributed by atoms with van der Waals surface area (Å²) in [4.78, 5) is 9.15. The van der Waals surface area contributed by atoms with Gasteiger partial charge in [-0.1, -0.05) is 13.0 Å². The molecular formula is C22H34F2N4O2. The molecule has 3 rings (SSSR count). The number of guanidine groups is 1. The first-order chi connectivity index (χ1) is 14.5. The highest BCUT2D eigenvalue weighted by Crippen LogP contribution is 2.28. The van der Waals surface area contributed by atoms with E-state index in [2.05, 4.69) is 15.1 Å². The summed E-state index contributed by atoms with van der Waals surface area (Å²) in [5, 5.41) is 14.0. The highest BCUT2D eigenvalue weighted by Gasteiger charge is 2.31. The number of ether oxygens (including phenoxy) is 1. The lowest BCUT2D eigenvalue weighted by molar-refractivity contribution is -0.0567. The van der Waals surface area contributed by atoms with Crippen molar-refractivity contribution in [3.8, 4) is 0 Å². The Labute approximate surface area is 177 Å². The second-order valence-electron chi connectivity index (χ2n) is 8.12. The van der Waals surface area contributed by atoms with Crippen molar-refractivity contribution < 1.29 is 18.6 Å². The number of nitrogens with one attached hydrogen (secondary N) is 1. The van der Waals surface area contributed by atoms with E-state index in [1.807, 2.05) is 13.8 Å². The summed E-state index contributed by atoms with van der Waals surface area (Å²) < 4.78 is 33.0. The molecule has 2 aliphatic heterocycles. The first-order valence-electron chi connectivity index (χ1n) is 11.0. The van der Waals surface area contributed by atoms with Crippen molar-refractivity contribution in [1.29, 1.82) is 0 Å². The van der Waals surface area contributed by atoms with E-state index >= 15 is 0 Å². The SMILES string of the molecule is CCNC(=NCC1(O)CCOCC1)N1CCN(C(CC)c2ccc(F)cc2F)CC1. The van der Waals surface area contributed by atoms with Gasteiger partial charge in [0.2, 0.25) is 0 Å². The van der Waals surface area contributed by atoms with Crippen molar-refractivity contribution in [2.75, 3.05) is 52.5 Å². The molecule has 2 fully saturated rings. The maximum atomic E-state index is 14.3. The number of hydrogen-bond acceptors (Lipinski definition) is 4. The molecule has 1 aromatic carbocycles. The highest BCUT2D eigenvalue weighted by atomic mass is 19.1. The Hall–Kier alpha value is -1.77. The van der Waals surface area contributed by atoms with Crippen LogP contribution in [0.25, 0.3) is 0 Å². The first-order valence-corrected chi connectivity index (χ1v) is 11.0. The van der Waals surface area contributed by atoms with E-state index in [0.29, 0.717) is 38.2 Å². The summed E-state index contributed by atoms with van der Waals surface area (Å²) in [5.74, 6) is -0.226. The van der Waals surface area contributed by atoms with Crippen molar-refractivity contribution in [3.63, 3.8) is 0 Å². The maximum Gasteiger partial charge on any atom is 0.194 e. The topological polar surface area (TPSA) is 60.3 Å². The molecule has 1 aromatic rings. The van der Waals surface area contributed by atoms with Gasteiger partial charge in [0, 0.05) is 76.5 Å². The molecule has 2 heterocycles. The van der Waals surface area contributed by atoms with Crippen LogP contribution < -0.4 is 5.32 Å². The van der Waals surface area contributed by atoms with Crippen LogP contribution in [0.3, 0.4) is 0 Å². The van der Waals surface area contributed by atoms with Gasteiger partial charge in [-0.3, -0.25) is 9.89 Å². The predicted molar refractivity (Wildman–Crippen MR) is 114 cm³/mol. The molecule has 0 spiro atoms. The Morgan fingerprint density at radius 2 is 1.90 bits per heavy atom. The average Bonchev–Trinajstić information content (AvgIpc) is 2.74. The second kappa shape index (κ2) is 10.5. The third-order valence-electron chi connectivity index (χ3n) is 6.04. The molecule has 0 aromatic heterocycles. The summed E-state index contributed by atoms with van der Waals surface area (Å²) in [6, 6.07) is 3.78. The summed E-state index contributed by atoms with van der Waals surface area (Å²) in [7, 11) is 0. The molecule has 2 saturated heterocycles. The smallest absolute Gasteiger partial charge is 0.194 e. The van der Waals surface area contributed by atoms with Gasteiger partial charge in [-0.15, -0.1) is 0 Å². The van der Waals surface area contributed by atoms with Gasteiger partial charge >= 0.3 is 0 Å². The van der Waals surface area contributed by atoms with Crippen LogP contribution in [-0.2, 0) is 4.74 Å². The van der Waals surface area contributed by atoms with E-state index in [0.717, 1.165) is 51.2 Å². The molecule has 8 heteroatoms. The standard InChI is InChI=1S/C22H34F2N4O2/c1-3-20(18-6-5-17(23)15-19(18)24)27-9-11-28(12-10-27)21(25-4-2)26-16-22(29)7-13-30-14-8-22/h5-6,15,20,29H,3-4,7-14,16H2,1-2H3,(H,25,26). The van der Waals surface area contributed by atoms with E-state index < -0.39 is 17.2 Å². The summed E-state index contributed by atoms with van der Waals surface area (Å²) in [6.45, 7) is 9.34. The van der Waals surface area contributed by atoms with Gasteiger partial charge in [-0.05, 0) is 19.4 Å². The lowest BCUT2D eigenvalue weighted by atomic mass is 9.95. The van der Waals surface area contributed by atoms with Gasteiger partial charge < -0.3 is 20.1 Å². The molecule has 0 aliphatic carbocycles. The van der Waals surface area contributed by atoms with Crippen molar-refractivity contribution in [2.24, 2.45) is 4.99 Å². The number of benzene rings is 1. The Morgan fingerprint density at radius 1 is 1.20 bits per heavy atom. The van der Waals surface area contributed by atoms with Crippen LogP contribution >= 0.6 is 0 Å². The normalized spacial score (nSPS) is 21.5. The molecule has 2 N–H and O–H groups in total. The molecule has 0 radical (unpaired) electrons. The molecule has 0 bridgehead atoms. The van der Waals surface area contributed by atoms with Gasteiger partial charge in [0.1, 0.15) is 11.6 Å². The van der Waals surface area contributed by atoms with E-state index in [4.69, 9.17) is 9.73 Å². The third kappa shape index (κ3) is 5.68. The Morgan fingerprint density at radius 3 is 2.50 bits per heavy atom. The van der Waals surface area contributed by atoms with Crippen LogP contribution in [0.15, 0.2) is 23.2 Å². The average molecular weight is 425 g/mol. The summed E-state index contributed by atoms with van der Waals surface area (Å²) in [5.41, 5.74) is -0.247. The molecule has 1 atom stereocenters. The molecular weight excluding hydrogens is 390 g/mol. The molecule has 0 amide bonds.